The molecule has 1 rings (SSSR count). The molecule has 1 radical (unpaired) electrons. The van der Waals surface area contributed by atoms with Gasteiger partial charge in [0.15, 0.2) is 0 Å². The predicted molar refractivity (Wildman–Crippen MR) is 36.4 cm³/mol. The SMILES string of the molecule is CCN1[B]C=CC=C1. The Hall–Kier alpha value is -0.655. The number of rotatable bonds is 1. The van der Waals surface area contributed by atoms with Crippen molar-refractivity contribution in [2.75, 3.05) is 6.54 Å². The van der Waals surface area contributed by atoms with Crippen LogP contribution < -0.4 is 0 Å². The van der Waals surface area contributed by atoms with Crippen LogP contribution in [0.15, 0.2) is 24.3 Å². The number of hydrogen-bond acceptors (Lipinski definition) is 1. The van der Waals surface area contributed by atoms with Crippen LogP contribution in [0.2, 0.25) is 0 Å². The first-order valence-electron chi connectivity index (χ1n) is 2.87. The summed E-state index contributed by atoms with van der Waals surface area (Å²) in [5.41, 5.74) is 0. The van der Waals surface area contributed by atoms with Gasteiger partial charge in [0.25, 0.3) is 7.41 Å². The maximum atomic E-state index is 2.12. The van der Waals surface area contributed by atoms with Crippen LogP contribution in [0.5, 0.6) is 0 Å². The lowest BCUT2D eigenvalue weighted by Crippen LogP contribution is -2.21. The summed E-state index contributed by atoms with van der Waals surface area (Å²) in [6.45, 7) is 3.18. The molecule has 0 amide bonds. The van der Waals surface area contributed by atoms with Crippen molar-refractivity contribution in [3.8, 4) is 0 Å². The van der Waals surface area contributed by atoms with Crippen molar-refractivity contribution in [1.29, 1.82) is 0 Å². The summed E-state index contributed by atoms with van der Waals surface area (Å²) in [4.78, 5) is 2.12. The van der Waals surface area contributed by atoms with Gasteiger partial charge >= 0.3 is 0 Å². The molecule has 1 nitrogen and oxygen atoms in total. The highest BCUT2D eigenvalue weighted by Crippen LogP contribution is 1.93. The average Bonchev–Trinajstić information content (AvgIpc) is 1.90. The van der Waals surface area contributed by atoms with Gasteiger partial charge in [0.05, 0.1) is 0 Å². The monoisotopic (exact) mass is 106 g/mol. The molecule has 0 saturated heterocycles. The minimum Gasteiger partial charge on any atom is -0.421 e. The highest BCUT2D eigenvalue weighted by molar-refractivity contribution is 6.39. The van der Waals surface area contributed by atoms with Crippen molar-refractivity contribution in [3.63, 3.8) is 0 Å². The molecule has 1 heterocycles. The van der Waals surface area contributed by atoms with E-state index >= 15 is 0 Å². The van der Waals surface area contributed by atoms with E-state index in [0.29, 0.717) is 0 Å². The van der Waals surface area contributed by atoms with Crippen molar-refractivity contribution in [2.24, 2.45) is 0 Å². The first-order chi connectivity index (χ1) is 3.93. The minimum absolute atomic E-state index is 1.06. The zero-order valence-electron chi connectivity index (χ0n) is 5.04. The summed E-state index contributed by atoms with van der Waals surface area (Å²) >= 11 is 0. The van der Waals surface area contributed by atoms with Gasteiger partial charge in [-0.3, -0.25) is 0 Å². The topological polar surface area (TPSA) is 3.24 Å². The van der Waals surface area contributed by atoms with Crippen LogP contribution in [0.1, 0.15) is 6.92 Å². The maximum absolute atomic E-state index is 2.12. The summed E-state index contributed by atoms with van der Waals surface area (Å²) in [6.07, 6.45) is 6.11. The summed E-state index contributed by atoms with van der Waals surface area (Å²) in [5.74, 6) is 2.03. The van der Waals surface area contributed by atoms with Gasteiger partial charge < -0.3 is 4.81 Å². The van der Waals surface area contributed by atoms with Crippen molar-refractivity contribution >= 4 is 7.41 Å². The fourth-order valence-corrected chi connectivity index (χ4v) is 0.645. The van der Waals surface area contributed by atoms with E-state index in [1.807, 2.05) is 18.1 Å². The van der Waals surface area contributed by atoms with Crippen molar-refractivity contribution in [1.82, 2.24) is 4.81 Å². The van der Waals surface area contributed by atoms with E-state index < -0.39 is 0 Å². The second kappa shape index (κ2) is 2.60. The van der Waals surface area contributed by atoms with Crippen LogP contribution in [-0.2, 0) is 0 Å². The molecule has 0 unspecified atom stereocenters. The largest absolute Gasteiger partial charge is 0.421 e. The molecule has 0 aromatic carbocycles. The van der Waals surface area contributed by atoms with E-state index in [9.17, 15) is 0 Å². The Labute approximate surface area is 50.9 Å². The Balaban J connectivity index is 2.40. The predicted octanol–water partition coefficient (Wildman–Crippen LogP) is 0.969. The van der Waals surface area contributed by atoms with Crippen molar-refractivity contribution in [3.05, 3.63) is 24.3 Å². The third-order valence-electron chi connectivity index (χ3n) is 1.14. The Bertz CT molecular complexity index is 118. The molecular weight excluding hydrogens is 96.9 g/mol. The molecule has 0 N–H and O–H groups in total. The molecule has 0 aliphatic carbocycles. The van der Waals surface area contributed by atoms with Crippen LogP contribution in [0.25, 0.3) is 0 Å². The van der Waals surface area contributed by atoms with Crippen LogP contribution in [0.3, 0.4) is 0 Å². The molecule has 0 aromatic rings. The average molecular weight is 106 g/mol. The molecule has 0 spiro atoms. The molecule has 0 atom stereocenters. The van der Waals surface area contributed by atoms with Crippen LogP contribution in [-0.4, -0.2) is 18.8 Å². The molecule has 0 aromatic heterocycles. The van der Waals surface area contributed by atoms with Gasteiger partial charge in [-0.15, -0.1) is 0 Å². The summed E-state index contributed by atoms with van der Waals surface area (Å²) in [7, 11) is 2.06. The summed E-state index contributed by atoms with van der Waals surface area (Å²) in [5, 5.41) is 0. The molecule has 0 saturated carbocycles. The Morgan fingerprint density at radius 3 is 2.75 bits per heavy atom. The van der Waals surface area contributed by atoms with E-state index in [2.05, 4.69) is 25.3 Å². The summed E-state index contributed by atoms with van der Waals surface area (Å²) in [6, 6.07) is 0. The van der Waals surface area contributed by atoms with Crippen LogP contribution >= 0.6 is 0 Å². The van der Waals surface area contributed by atoms with E-state index in [0.717, 1.165) is 6.54 Å². The van der Waals surface area contributed by atoms with Gasteiger partial charge in [0, 0.05) is 6.54 Å². The lowest BCUT2D eigenvalue weighted by Gasteiger charge is -2.15. The van der Waals surface area contributed by atoms with Gasteiger partial charge in [-0.05, 0) is 19.2 Å². The molecule has 0 bridgehead atoms. The van der Waals surface area contributed by atoms with Gasteiger partial charge in [-0.1, -0.05) is 12.1 Å². The van der Waals surface area contributed by atoms with Gasteiger partial charge in [0.1, 0.15) is 0 Å². The lowest BCUT2D eigenvalue weighted by molar-refractivity contribution is 0.627. The van der Waals surface area contributed by atoms with Crippen molar-refractivity contribution in [2.45, 2.75) is 6.92 Å². The van der Waals surface area contributed by atoms with E-state index in [4.69, 9.17) is 0 Å². The first-order valence-corrected chi connectivity index (χ1v) is 2.87. The fourth-order valence-electron chi connectivity index (χ4n) is 0.645. The number of allylic oxidation sites excluding steroid dienone is 2. The zero-order valence-corrected chi connectivity index (χ0v) is 5.04. The standard InChI is InChI=1S/C6H9BN/c1-2-8-6-4-3-5-7-8/h3-6H,2H2,1H3. The molecule has 0 fully saturated rings. The lowest BCUT2D eigenvalue weighted by atomic mass is 9.89. The highest BCUT2D eigenvalue weighted by Gasteiger charge is 1.95. The smallest absolute Gasteiger partial charge is 0.276 e. The molecule has 41 valence electrons. The second-order valence-corrected chi connectivity index (χ2v) is 1.71. The molecule has 2 heteroatoms. The minimum atomic E-state index is 1.06. The third kappa shape index (κ3) is 1.16. The maximum Gasteiger partial charge on any atom is 0.276 e. The van der Waals surface area contributed by atoms with E-state index in [1.165, 1.54) is 0 Å². The van der Waals surface area contributed by atoms with Gasteiger partial charge in [0.2, 0.25) is 0 Å². The zero-order chi connectivity index (χ0) is 5.82. The van der Waals surface area contributed by atoms with Crippen molar-refractivity contribution < 1.29 is 0 Å². The Morgan fingerprint density at radius 1 is 1.50 bits per heavy atom. The Morgan fingerprint density at radius 2 is 2.38 bits per heavy atom. The van der Waals surface area contributed by atoms with Crippen LogP contribution in [0, 0.1) is 0 Å². The molecule has 8 heavy (non-hydrogen) atoms. The summed E-state index contributed by atoms with van der Waals surface area (Å²) < 4.78 is 0. The molecular formula is C6H9BN. The molecule has 1 aliphatic rings. The second-order valence-electron chi connectivity index (χ2n) is 1.71. The van der Waals surface area contributed by atoms with Gasteiger partial charge in [-0.25, -0.2) is 0 Å². The Kier molecular flexibility index (Phi) is 1.78. The number of hydrogen-bond donors (Lipinski definition) is 0. The van der Waals surface area contributed by atoms with Crippen LogP contribution in [0.4, 0.5) is 0 Å². The van der Waals surface area contributed by atoms with Gasteiger partial charge in [-0.2, -0.15) is 0 Å². The molecule has 1 aliphatic heterocycles. The van der Waals surface area contributed by atoms with E-state index in [-0.39, 0.29) is 0 Å². The third-order valence-corrected chi connectivity index (χ3v) is 1.14. The highest BCUT2D eigenvalue weighted by atomic mass is 15.0. The first kappa shape index (κ1) is 5.48. The fraction of sp³-hybridized carbons (Fsp3) is 0.333. The normalized spacial score (nSPS) is 16.4. The number of nitrogens with zero attached hydrogens (tertiary/aromatic N) is 1. The van der Waals surface area contributed by atoms with E-state index in [1.54, 1.807) is 0 Å². The quantitative estimate of drug-likeness (QED) is 0.450.